The van der Waals surface area contributed by atoms with Crippen LogP contribution in [0.15, 0.2) is 84.9 Å². The highest BCUT2D eigenvalue weighted by Crippen LogP contribution is 2.26. The van der Waals surface area contributed by atoms with Gasteiger partial charge < -0.3 is 5.32 Å². The molecular formula is C28H24N4O. The second-order valence-electron chi connectivity index (χ2n) is 8.29. The van der Waals surface area contributed by atoms with Gasteiger partial charge in [-0.05, 0) is 55.5 Å². The number of fused-ring (bicyclic) bond motifs is 1. The molecule has 1 heterocycles. The van der Waals surface area contributed by atoms with Gasteiger partial charge in [-0.25, -0.2) is 9.67 Å². The Balaban J connectivity index is 1.58. The summed E-state index contributed by atoms with van der Waals surface area (Å²) in [5.41, 5.74) is 6.01. The maximum absolute atomic E-state index is 13.2. The third kappa shape index (κ3) is 4.01. The summed E-state index contributed by atoms with van der Waals surface area (Å²) in [7, 11) is 0. The summed E-state index contributed by atoms with van der Waals surface area (Å²) >= 11 is 0. The molecule has 1 amide bonds. The number of hydrogen-bond donors (Lipinski definition) is 1. The number of anilines is 1. The Labute approximate surface area is 192 Å². The molecule has 0 atom stereocenters. The number of aromatic nitrogens is 3. The fraction of sp³-hybridized carbons (Fsp3) is 0.107. The predicted octanol–water partition coefficient (Wildman–Crippen LogP) is 6.27. The van der Waals surface area contributed by atoms with Crippen molar-refractivity contribution in [3.63, 3.8) is 0 Å². The molecule has 5 rings (SSSR count). The van der Waals surface area contributed by atoms with Gasteiger partial charge in [-0.3, -0.25) is 4.79 Å². The zero-order valence-electron chi connectivity index (χ0n) is 18.8. The first-order chi connectivity index (χ1) is 16.0. The van der Waals surface area contributed by atoms with Crippen LogP contribution in [0.1, 0.15) is 27.3 Å². The number of carbonyl (C=O) groups excluding carboxylic acids is 1. The standard InChI is InChI=1S/C28H24N4O/c1-18-11-14-22(15-12-18)27-30-26(31-32(27)23-16-13-19(2)20(3)17-23)28(33)29-25-10-6-8-21-7-4-5-9-24(21)25/h4-17H,1-3H3,(H,29,33). The molecule has 0 aliphatic carbocycles. The summed E-state index contributed by atoms with van der Waals surface area (Å²) in [4.78, 5) is 17.9. The van der Waals surface area contributed by atoms with Gasteiger partial charge in [0.25, 0.3) is 5.91 Å². The molecule has 5 heteroatoms. The zero-order valence-corrected chi connectivity index (χ0v) is 18.8. The Kier molecular flexibility index (Phi) is 5.23. The van der Waals surface area contributed by atoms with Crippen molar-refractivity contribution in [2.24, 2.45) is 0 Å². The van der Waals surface area contributed by atoms with E-state index in [2.05, 4.69) is 41.4 Å². The van der Waals surface area contributed by atoms with Gasteiger partial charge in [-0.2, -0.15) is 0 Å². The van der Waals surface area contributed by atoms with Crippen LogP contribution in [0.4, 0.5) is 5.69 Å². The Morgan fingerprint density at radius 1 is 0.818 bits per heavy atom. The molecule has 0 aliphatic rings. The molecule has 5 nitrogen and oxygen atoms in total. The van der Waals surface area contributed by atoms with Crippen LogP contribution in [-0.2, 0) is 0 Å². The summed E-state index contributed by atoms with van der Waals surface area (Å²) in [6.45, 7) is 6.18. The molecule has 0 spiro atoms. The molecule has 1 aromatic heterocycles. The Hall–Kier alpha value is -4.25. The summed E-state index contributed by atoms with van der Waals surface area (Å²) < 4.78 is 1.75. The van der Waals surface area contributed by atoms with E-state index in [0.717, 1.165) is 38.8 Å². The number of carbonyl (C=O) groups is 1. The number of hydrogen-bond acceptors (Lipinski definition) is 3. The van der Waals surface area contributed by atoms with Crippen molar-refractivity contribution in [3.05, 3.63) is 107 Å². The molecule has 162 valence electrons. The highest BCUT2D eigenvalue weighted by atomic mass is 16.2. The second-order valence-corrected chi connectivity index (χ2v) is 8.29. The molecule has 0 saturated carbocycles. The SMILES string of the molecule is Cc1ccc(-c2nc(C(=O)Nc3cccc4ccccc34)nn2-c2ccc(C)c(C)c2)cc1. The molecular weight excluding hydrogens is 408 g/mol. The van der Waals surface area contributed by atoms with E-state index in [0.29, 0.717) is 5.82 Å². The Morgan fingerprint density at radius 2 is 1.58 bits per heavy atom. The smallest absolute Gasteiger partial charge is 0.295 e. The van der Waals surface area contributed by atoms with Gasteiger partial charge in [0.2, 0.25) is 5.82 Å². The fourth-order valence-electron chi connectivity index (χ4n) is 3.85. The van der Waals surface area contributed by atoms with Crippen LogP contribution >= 0.6 is 0 Å². The molecule has 33 heavy (non-hydrogen) atoms. The van der Waals surface area contributed by atoms with Crippen LogP contribution < -0.4 is 5.32 Å². The van der Waals surface area contributed by atoms with Crippen molar-refractivity contribution in [1.82, 2.24) is 14.8 Å². The fourth-order valence-corrected chi connectivity index (χ4v) is 3.85. The summed E-state index contributed by atoms with van der Waals surface area (Å²) in [5.74, 6) is 0.403. The van der Waals surface area contributed by atoms with E-state index in [-0.39, 0.29) is 11.7 Å². The number of nitrogens with zero attached hydrogens (tertiary/aromatic N) is 3. The third-order valence-corrected chi connectivity index (χ3v) is 5.89. The first-order valence-electron chi connectivity index (χ1n) is 10.9. The van der Waals surface area contributed by atoms with E-state index in [1.54, 1.807) is 4.68 Å². The maximum Gasteiger partial charge on any atom is 0.295 e. The van der Waals surface area contributed by atoms with Gasteiger partial charge in [-0.1, -0.05) is 72.3 Å². The molecule has 0 unspecified atom stereocenters. The highest BCUT2D eigenvalue weighted by molar-refractivity contribution is 6.07. The Morgan fingerprint density at radius 3 is 2.36 bits per heavy atom. The molecule has 0 radical (unpaired) electrons. The molecule has 0 aliphatic heterocycles. The van der Waals surface area contributed by atoms with Crippen LogP contribution in [0.2, 0.25) is 0 Å². The minimum absolute atomic E-state index is 0.122. The van der Waals surface area contributed by atoms with Crippen LogP contribution in [0.3, 0.4) is 0 Å². The third-order valence-electron chi connectivity index (χ3n) is 5.89. The van der Waals surface area contributed by atoms with Gasteiger partial charge in [-0.15, -0.1) is 5.10 Å². The van der Waals surface area contributed by atoms with E-state index in [1.807, 2.05) is 79.7 Å². The lowest BCUT2D eigenvalue weighted by Crippen LogP contribution is -2.14. The molecule has 1 N–H and O–H groups in total. The average molecular weight is 433 g/mol. The lowest BCUT2D eigenvalue weighted by atomic mass is 10.1. The molecule has 0 saturated heterocycles. The summed E-state index contributed by atoms with van der Waals surface area (Å²) in [6, 6.07) is 28.0. The normalized spacial score (nSPS) is 11.0. The number of nitrogens with one attached hydrogen (secondary N) is 1. The van der Waals surface area contributed by atoms with E-state index in [9.17, 15) is 4.79 Å². The highest BCUT2D eigenvalue weighted by Gasteiger charge is 2.20. The van der Waals surface area contributed by atoms with Crippen LogP contribution in [0.5, 0.6) is 0 Å². The first-order valence-corrected chi connectivity index (χ1v) is 10.9. The van der Waals surface area contributed by atoms with E-state index >= 15 is 0 Å². The summed E-state index contributed by atoms with van der Waals surface area (Å²) in [5, 5.41) is 9.65. The Bertz CT molecular complexity index is 1480. The number of rotatable bonds is 4. The molecule has 4 aromatic carbocycles. The second kappa shape index (κ2) is 8.36. The van der Waals surface area contributed by atoms with E-state index in [1.165, 1.54) is 5.56 Å². The van der Waals surface area contributed by atoms with Crippen LogP contribution in [0, 0.1) is 20.8 Å². The van der Waals surface area contributed by atoms with Crippen molar-refractivity contribution in [1.29, 1.82) is 0 Å². The topological polar surface area (TPSA) is 59.8 Å². The minimum atomic E-state index is -0.345. The molecule has 0 bridgehead atoms. The quantitative estimate of drug-likeness (QED) is 0.364. The number of benzene rings is 4. The lowest BCUT2D eigenvalue weighted by molar-refractivity contribution is 0.101. The number of aryl methyl sites for hydroxylation is 3. The van der Waals surface area contributed by atoms with Gasteiger partial charge >= 0.3 is 0 Å². The van der Waals surface area contributed by atoms with Crippen molar-refractivity contribution in [3.8, 4) is 17.1 Å². The zero-order chi connectivity index (χ0) is 22.9. The number of amides is 1. The molecule has 5 aromatic rings. The van der Waals surface area contributed by atoms with Gasteiger partial charge in [0.1, 0.15) is 0 Å². The van der Waals surface area contributed by atoms with Gasteiger partial charge in [0, 0.05) is 16.6 Å². The van der Waals surface area contributed by atoms with Crippen molar-refractivity contribution in [2.75, 3.05) is 5.32 Å². The van der Waals surface area contributed by atoms with E-state index < -0.39 is 0 Å². The first kappa shape index (κ1) is 20.6. The van der Waals surface area contributed by atoms with Gasteiger partial charge in [0.15, 0.2) is 5.82 Å². The average Bonchev–Trinajstić information content (AvgIpc) is 3.27. The monoisotopic (exact) mass is 432 g/mol. The van der Waals surface area contributed by atoms with E-state index in [4.69, 9.17) is 0 Å². The minimum Gasteiger partial charge on any atom is -0.319 e. The van der Waals surface area contributed by atoms with Crippen molar-refractivity contribution < 1.29 is 4.79 Å². The van der Waals surface area contributed by atoms with Crippen LogP contribution in [-0.4, -0.2) is 20.7 Å². The van der Waals surface area contributed by atoms with Gasteiger partial charge in [0.05, 0.1) is 5.69 Å². The predicted molar refractivity (Wildman–Crippen MR) is 133 cm³/mol. The van der Waals surface area contributed by atoms with Crippen LogP contribution in [0.25, 0.3) is 27.8 Å². The maximum atomic E-state index is 13.2. The largest absolute Gasteiger partial charge is 0.319 e. The summed E-state index contributed by atoms with van der Waals surface area (Å²) in [6.07, 6.45) is 0. The van der Waals surface area contributed by atoms with Crippen molar-refractivity contribution >= 4 is 22.4 Å². The molecule has 0 fully saturated rings. The van der Waals surface area contributed by atoms with Crippen molar-refractivity contribution in [2.45, 2.75) is 20.8 Å². The lowest BCUT2D eigenvalue weighted by Gasteiger charge is -2.08.